The number of hydrogen-bond donors (Lipinski definition) is 2. The van der Waals surface area contributed by atoms with Crippen molar-refractivity contribution < 1.29 is 9.59 Å². The van der Waals surface area contributed by atoms with Gasteiger partial charge in [0.25, 0.3) is 5.91 Å². The normalized spacial score (nSPS) is 10.1. The molecule has 2 N–H and O–H groups in total. The van der Waals surface area contributed by atoms with Crippen molar-refractivity contribution in [2.45, 2.75) is 12.8 Å². The number of aryl methyl sites for hydroxylation is 1. The van der Waals surface area contributed by atoms with Gasteiger partial charge in [-0.1, -0.05) is 28.1 Å². The Morgan fingerprint density at radius 1 is 1.04 bits per heavy atom. The van der Waals surface area contributed by atoms with Gasteiger partial charge in [-0.05, 0) is 36.8 Å². The molecule has 2 aromatic rings. The lowest BCUT2D eigenvalue weighted by Gasteiger charge is -2.07. The highest BCUT2D eigenvalue weighted by Gasteiger charge is 2.06. The lowest BCUT2D eigenvalue weighted by atomic mass is 10.2. The first-order valence-corrected chi connectivity index (χ1v) is 8.15. The zero-order valence-electron chi connectivity index (χ0n) is 12.6. The summed E-state index contributed by atoms with van der Waals surface area (Å²) in [6.45, 7) is 0.793. The van der Waals surface area contributed by atoms with Gasteiger partial charge in [-0.2, -0.15) is 0 Å². The molecular weight excluding hydrogens is 358 g/mol. The molecule has 120 valence electrons. The Morgan fingerprint density at radius 3 is 2.61 bits per heavy atom. The molecule has 1 aromatic carbocycles. The van der Waals surface area contributed by atoms with Crippen LogP contribution in [-0.4, -0.2) is 29.9 Å². The molecule has 5 nitrogen and oxygen atoms in total. The Hall–Kier alpha value is -2.21. The van der Waals surface area contributed by atoms with Crippen molar-refractivity contribution in [2.24, 2.45) is 0 Å². The predicted molar refractivity (Wildman–Crippen MR) is 92.0 cm³/mol. The first-order valence-electron chi connectivity index (χ1n) is 7.35. The quantitative estimate of drug-likeness (QED) is 0.729. The molecule has 0 saturated heterocycles. The molecule has 0 spiro atoms. The minimum absolute atomic E-state index is 0.0487. The van der Waals surface area contributed by atoms with Crippen molar-refractivity contribution in [3.05, 3.63) is 64.4 Å². The SMILES string of the molecule is O=C(CCc1ccccn1)NCCNC(=O)c1cccc(Br)c1. The summed E-state index contributed by atoms with van der Waals surface area (Å²) < 4.78 is 0.855. The highest BCUT2D eigenvalue weighted by Crippen LogP contribution is 2.11. The molecule has 0 aliphatic carbocycles. The van der Waals surface area contributed by atoms with E-state index in [4.69, 9.17) is 0 Å². The zero-order valence-corrected chi connectivity index (χ0v) is 14.2. The third kappa shape index (κ3) is 6.20. The number of carbonyl (C=O) groups excluding carboxylic acids is 2. The van der Waals surface area contributed by atoms with Crippen molar-refractivity contribution in [1.29, 1.82) is 0 Å². The van der Waals surface area contributed by atoms with E-state index in [0.29, 0.717) is 31.5 Å². The summed E-state index contributed by atoms with van der Waals surface area (Å²) >= 11 is 3.33. The predicted octanol–water partition coefficient (Wildman–Crippen LogP) is 2.32. The van der Waals surface area contributed by atoms with Gasteiger partial charge >= 0.3 is 0 Å². The van der Waals surface area contributed by atoms with E-state index < -0.39 is 0 Å². The van der Waals surface area contributed by atoms with Gasteiger partial charge in [0, 0.05) is 41.4 Å². The molecule has 6 heteroatoms. The fourth-order valence-electron chi connectivity index (χ4n) is 1.99. The Morgan fingerprint density at radius 2 is 1.87 bits per heavy atom. The van der Waals surface area contributed by atoms with E-state index in [9.17, 15) is 9.59 Å². The van der Waals surface area contributed by atoms with Gasteiger partial charge in [-0.25, -0.2) is 0 Å². The van der Waals surface area contributed by atoms with Crippen LogP contribution in [0.1, 0.15) is 22.5 Å². The van der Waals surface area contributed by atoms with Crippen molar-refractivity contribution in [3.8, 4) is 0 Å². The monoisotopic (exact) mass is 375 g/mol. The number of hydrogen-bond acceptors (Lipinski definition) is 3. The van der Waals surface area contributed by atoms with Gasteiger partial charge in [0.1, 0.15) is 0 Å². The lowest BCUT2D eigenvalue weighted by molar-refractivity contribution is -0.121. The van der Waals surface area contributed by atoms with Crippen LogP contribution >= 0.6 is 15.9 Å². The van der Waals surface area contributed by atoms with E-state index in [1.54, 1.807) is 24.4 Å². The van der Waals surface area contributed by atoms with Crippen molar-refractivity contribution >= 4 is 27.7 Å². The first-order chi connectivity index (χ1) is 11.1. The molecule has 0 bridgehead atoms. The van der Waals surface area contributed by atoms with Crippen LogP contribution in [0.2, 0.25) is 0 Å². The highest BCUT2D eigenvalue weighted by molar-refractivity contribution is 9.10. The number of amides is 2. The molecule has 0 saturated carbocycles. The number of halogens is 1. The van der Waals surface area contributed by atoms with Gasteiger partial charge in [-0.3, -0.25) is 14.6 Å². The maximum Gasteiger partial charge on any atom is 0.251 e. The van der Waals surface area contributed by atoms with E-state index >= 15 is 0 Å². The first kappa shape index (κ1) is 17.1. The van der Waals surface area contributed by atoms with Crippen molar-refractivity contribution in [2.75, 3.05) is 13.1 Å². The van der Waals surface area contributed by atoms with Gasteiger partial charge in [0.15, 0.2) is 0 Å². The maximum atomic E-state index is 11.9. The molecule has 2 amide bonds. The van der Waals surface area contributed by atoms with Crippen LogP contribution in [0, 0.1) is 0 Å². The average molecular weight is 376 g/mol. The molecule has 0 aliphatic rings. The number of nitrogens with zero attached hydrogens (tertiary/aromatic N) is 1. The third-order valence-corrected chi connectivity index (χ3v) is 3.65. The number of aromatic nitrogens is 1. The highest BCUT2D eigenvalue weighted by atomic mass is 79.9. The minimum Gasteiger partial charge on any atom is -0.354 e. The fourth-order valence-corrected chi connectivity index (χ4v) is 2.38. The average Bonchev–Trinajstić information content (AvgIpc) is 2.57. The van der Waals surface area contributed by atoms with E-state index in [1.807, 2.05) is 24.3 Å². The summed E-state index contributed by atoms with van der Waals surface area (Å²) in [5, 5.41) is 5.55. The summed E-state index contributed by atoms with van der Waals surface area (Å²) in [6.07, 6.45) is 2.71. The van der Waals surface area contributed by atoms with Crippen LogP contribution in [0.3, 0.4) is 0 Å². The number of benzene rings is 1. The molecule has 0 unspecified atom stereocenters. The van der Waals surface area contributed by atoms with E-state index in [-0.39, 0.29) is 11.8 Å². The van der Waals surface area contributed by atoms with Gasteiger partial charge < -0.3 is 10.6 Å². The Balaban J connectivity index is 1.63. The minimum atomic E-state index is -0.158. The van der Waals surface area contributed by atoms with Gasteiger partial charge in [0.05, 0.1) is 0 Å². The van der Waals surface area contributed by atoms with Crippen molar-refractivity contribution in [1.82, 2.24) is 15.6 Å². The summed E-state index contributed by atoms with van der Waals surface area (Å²) in [7, 11) is 0. The second-order valence-corrected chi connectivity index (χ2v) is 5.85. The number of pyridine rings is 1. The summed E-state index contributed by atoms with van der Waals surface area (Å²) in [5.41, 5.74) is 1.48. The Bertz CT molecular complexity index is 662. The van der Waals surface area contributed by atoms with Crippen LogP contribution in [0.15, 0.2) is 53.1 Å². The number of rotatable bonds is 7. The van der Waals surface area contributed by atoms with Gasteiger partial charge in [-0.15, -0.1) is 0 Å². The van der Waals surface area contributed by atoms with Gasteiger partial charge in [0.2, 0.25) is 5.91 Å². The number of carbonyl (C=O) groups is 2. The second-order valence-electron chi connectivity index (χ2n) is 4.94. The molecule has 0 atom stereocenters. The summed E-state index contributed by atoms with van der Waals surface area (Å²) in [6, 6.07) is 12.8. The lowest BCUT2D eigenvalue weighted by Crippen LogP contribution is -2.34. The molecule has 0 radical (unpaired) electrons. The molecular formula is C17H18BrN3O2. The molecule has 1 aromatic heterocycles. The van der Waals surface area contributed by atoms with E-state index in [2.05, 4.69) is 31.5 Å². The summed E-state index contributed by atoms with van der Waals surface area (Å²) in [5.74, 6) is -0.207. The zero-order chi connectivity index (χ0) is 16.5. The number of nitrogens with one attached hydrogen (secondary N) is 2. The third-order valence-electron chi connectivity index (χ3n) is 3.15. The second kappa shape index (κ2) is 9.05. The Labute approximate surface area is 143 Å². The Kier molecular flexibility index (Phi) is 6.75. The van der Waals surface area contributed by atoms with Crippen LogP contribution in [0.4, 0.5) is 0 Å². The molecule has 0 fully saturated rings. The van der Waals surface area contributed by atoms with Crippen molar-refractivity contribution in [3.63, 3.8) is 0 Å². The maximum absolute atomic E-state index is 11.9. The molecule has 2 rings (SSSR count). The van der Waals surface area contributed by atoms with E-state index in [1.165, 1.54) is 0 Å². The standard InChI is InChI=1S/C17H18BrN3O2/c18-14-5-3-4-13(12-14)17(23)21-11-10-20-16(22)8-7-15-6-1-2-9-19-15/h1-6,9,12H,7-8,10-11H2,(H,20,22)(H,21,23). The molecule has 23 heavy (non-hydrogen) atoms. The topological polar surface area (TPSA) is 71.1 Å². The van der Waals surface area contributed by atoms with Crippen LogP contribution in [-0.2, 0) is 11.2 Å². The van der Waals surface area contributed by atoms with Crippen LogP contribution in [0.5, 0.6) is 0 Å². The molecule has 1 heterocycles. The van der Waals surface area contributed by atoms with Crippen LogP contribution in [0.25, 0.3) is 0 Å². The summed E-state index contributed by atoms with van der Waals surface area (Å²) in [4.78, 5) is 27.8. The van der Waals surface area contributed by atoms with E-state index in [0.717, 1.165) is 10.2 Å². The fraction of sp³-hybridized carbons (Fsp3) is 0.235. The largest absolute Gasteiger partial charge is 0.354 e. The smallest absolute Gasteiger partial charge is 0.251 e. The molecule has 0 aliphatic heterocycles. The van der Waals surface area contributed by atoms with Crippen LogP contribution < -0.4 is 10.6 Å².